The Balaban J connectivity index is 1.78. The van der Waals surface area contributed by atoms with Gasteiger partial charge in [0.2, 0.25) is 11.7 Å². The van der Waals surface area contributed by atoms with Crippen molar-refractivity contribution in [1.29, 1.82) is 0 Å². The molecule has 3 rings (SSSR count). The number of alkyl halides is 5. The van der Waals surface area contributed by atoms with E-state index in [9.17, 15) is 26.7 Å². The largest absolute Gasteiger partial charge is 0.433 e. The minimum Gasteiger partial charge on any atom is -0.340 e. The minimum absolute atomic E-state index is 0.00750. The number of aryl methyl sites for hydroxylation is 1. The van der Waals surface area contributed by atoms with E-state index in [2.05, 4.69) is 25.5 Å². The summed E-state index contributed by atoms with van der Waals surface area (Å²) in [5.41, 5.74) is -2.12. The van der Waals surface area contributed by atoms with Gasteiger partial charge in [-0.15, -0.1) is 0 Å². The fourth-order valence-corrected chi connectivity index (χ4v) is 2.43. The number of amides is 1. The number of hydrogen-bond acceptors (Lipinski definition) is 6. The Hall–Kier alpha value is -3.38. The normalized spacial score (nSPS) is 13.0. The Labute approximate surface area is 159 Å². The van der Waals surface area contributed by atoms with Crippen LogP contribution in [0.3, 0.4) is 0 Å². The Morgan fingerprint density at radius 1 is 1.31 bits per heavy atom. The third kappa shape index (κ3) is 4.38. The van der Waals surface area contributed by atoms with Gasteiger partial charge in [0.15, 0.2) is 0 Å². The van der Waals surface area contributed by atoms with Crippen LogP contribution in [0.15, 0.2) is 29.0 Å². The number of pyridine rings is 1. The SMILES string of the molecule is C[C@H](NC(=O)c1cn(C)nc1C(F)F)c1nc(-c2ccnc(C(F)(F)F)c2)no1. The van der Waals surface area contributed by atoms with E-state index >= 15 is 0 Å². The first-order chi connectivity index (χ1) is 13.6. The molecule has 0 radical (unpaired) electrons. The third-order valence-corrected chi connectivity index (χ3v) is 3.78. The zero-order valence-electron chi connectivity index (χ0n) is 14.9. The summed E-state index contributed by atoms with van der Waals surface area (Å²) in [6.07, 6.45) is -5.50. The molecule has 0 unspecified atom stereocenters. The summed E-state index contributed by atoms with van der Waals surface area (Å²) in [4.78, 5) is 19.5. The van der Waals surface area contributed by atoms with E-state index in [-0.39, 0.29) is 22.8 Å². The van der Waals surface area contributed by atoms with Gasteiger partial charge < -0.3 is 9.84 Å². The summed E-state index contributed by atoms with van der Waals surface area (Å²) in [5, 5.41) is 9.54. The molecule has 0 aromatic carbocycles. The lowest BCUT2D eigenvalue weighted by Gasteiger charge is -2.09. The van der Waals surface area contributed by atoms with E-state index in [4.69, 9.17) is 4.52 Å². The fraction of sp³-hybridized carbons (Fsp3) is 0.312. The average molecular weight is 416 g/mol. The molecule has 3 aromatic heterocycles. The Morgan fingerprint density at radius 3 is 2.69 bits per heavy atom. The highest BCUT2D eigenvalue weighted by atomic mass is 19.4. The summed E-state index contributed by atoms with van der Waals surface area (Å²) in [5.74, 6) is -1.12. The van der Waals surface area contributed by atoms with Crippen molar-refractivity contribution in [2.75, 3.05) is 0 Å². The van der Waals surface area contributed by atoms with Crippen molar-refractivity contribution >= 4 is 5.91 Å². The van der Waals surface area contributed by atoms with Crippen LogP contribution in [0.2, 0.25) is 0 Å². The Morgan fingerprint density at radius 2 is 2.03 bits per heavy atom. The van der Waals surface area contributed by atoms with Crippen LogP contribution in [0.25, 0.3) is 11.4 Å². The lowest BCUT2D eigenvalue weighted by Crippen LogP contribution is -2.27. The van der Waals surface area contributed by atoms with Gasteiger partial charge in [0.25, 0.3) is 12.3 Å². The number of carbonyl (C=O) groups excluding carboxylic acids is 1. The van der Waals surface area contributed by atoms with Gasteiger partial charge in [0.05, 0.1) is 5.56 Å². The number of carbonyl (C=O) groups is 1. The quantitative estimate of drug-likeness (QED) is 0.641. The van der Waals surface area contributed by atoms with E-state index in [1.807, 2.05) is 0 Å². The van der Waals surface area contributed by atoms with E-state index in [0.717, 1.165) is 23.1 Å². The molecule has 154 valence electrons. The van der Waals surface area contributed by atoms with Crippen molar-refractivity contribution < 1.29 is 31.3 Å². The summed E-state index contributed by atoms with van der Waals surface area (Å²) in [6, 6.07) is 1.11. The van der Waals surface area contributed by atoms with E-state index in [0.29, 0.717) is 0 Å². The summed E-state index contributed by atoms with van der Waals surface area (Å²) < 4.78 is 70.4. The zero-order valence-corrected chi connectivity index (χ0v) is 14.9. The smallest absolute Gasteiger partial charge is 0.340 e. The molecule has 1 amide bonds. The van der Waals surface area contributed by atoms with Crippen molar-refractivity contribution in [3.8, 4) is 11.4 Å². The van der Waals surface area contributed by atoms with Gasteiger partial charge in [-0.1, -0.05) is 5.16 Å². The van der Waals surface area contributed by atoms with Crippen LogP contribution < -0.4 is 5.32 Å². The van der Waals surface area contributed by atoms with Crippen LogP contribution in [0.4, 0.5) is 22.0 Å². The van der Waals surface area contributed by atoms with E-state index < -0.39 is 35.9 Å². The molecule has 0 aliphatic rings. The maximum absolute atomic E-state index is 13.0. The molecule has 0 bridgehead atoms. The van der Waals surface area contributed by atoms with Gasteiger partial charge in [-0.3, -0.25) is 14.5 Å². The molecule has 1 N–H and O–H groups in total. The molecule has 3 aromatic rings. The van der Waals surface area contributed by atoms with Crippen LogP contribution in [-0.4, -0.2) is 30.8 Å². The topological polar surface area (TPSA) is 98.7 Å². The number of nitrogens with zero attached hydrogens (tertiary/aromatic N) is 5. The highest BCUT2D eigenvalue weighted by molar-refractivity contribution is 5.95. The maximum Gasteiger partial charge on any atom is 0.433 e. The van der Waals surface area contributed by atoms with Crippen molar-refractivity contribution in [1.82, 2.24) is 30.2 Å². The molecule has 1 atom stereocenters. The molecule has 3 heterocycles. The van der Waals surface area contributed by atoms with E-state index in [1.165, 1.54) is 20.0 Å². The van der Waals surface area contributed by atoms with Crippen molar-refractivity contribution in [3.05, 3.63) is 47.4 Å². The zero-order chi connectivity index (χ0) is 21.3. The van der Waals surface area contributed by atoms with Crippen LogP contribution in [-0.2, 0) is 13.2 Å². The summed E-state index contributed by atoms with van der Waals surface area (Å²) >= 11 is 0. The monoisotopic (exact) mass is 416 g/mol. The number of hydrogen-bond donors (Lipinski definition) is 1. The number of halogens is 5. The number of rotatable bonds is 5. The lowest BCUT2D eigenvalue weighted by molar-refractivity contribution is -0.141. The van der Waals surface area contributed by atoms with Crippen molar-refractivity contribution in [2.24, 2.45) is 7.05 Å². The first-order valence-corrected chi connectivity index (χ1v) is 8.06. The molecule has 0 aliphatic heterocycles. The number of aromatic nitrogens is 5. The highest BCUT2D eigenvalue weighted by Crippen LogP contribution is 2.30. The van der Waals surface area contributed by atoms with Gasteiger partial charge in [-0.25, -0.2) is 8.78 Å². The van der Waals surface area contributed by atoms with E-state index in [1.54, 1.807) is 0 Å². The van der Waals surface area contributed by atoms with Gasteiger partial charge in [0.1, 0.15) is 17.4 Å². The molecular weight excluding hydrogens is 403 g/mol. The van der Waals surface area contributed by atoms with Gasteiger partial charge >= 0.3 is 6.18 Å². The maximum atomic E-state index is 13.0. The number of nitrogens with one attached hydrogen (secondary N) is 1. The van der Waals surface area contributed by atoms with Gasteiger partial charge in [0, 0.05) is 25.0 Å². The predicted octanol–water partition coefficient (Wildman–Crippen LogP) is 3.31. The molecule has 0 saturated carbocycles. The Kier molecular flexibility index (Phi) is 5.31. The average Bonchev–Trinajstić information content (AvgIpc) is 3.28. The van der Waals surface area contributed by atoms with Crippen LogP contribution >= 0.6 is 0 Å². The standard InChI is InChI=1S/C16H13F5N6O2/c1-7(23-14(28)9-6-27(2)25-11(9)12(17)18)15-24-13(26-29-15)8-3-4-22-10(5-8)16(19,20)21/h3-7,12H,1-2H3,(H,23,28)/t7-/m0/s1. The van der Waals surface area contributed by atoms with Gasteiger partial charge in [-0.2, -0.15) is 23.3 Å². The lowest BCUT2D eigenvalue weighted by atomic mass is 10.2. The van der Waals surface area contributed by atoms with Crippen molar-refractivity contribution in [3.63, 3.8) is 0 Å². The minimum atomic E-state index is -4.64. The molecule has 0 spiro atoms. The van der Waals surface area contributed by atoms with Crippen molar-refractivity contribution in [2.45, 2.75) is 25.6 Å². The first-order valence-electron chi connectivity index (χ1n) is 8.06. The van der Waals surface area contributed by atoms with Crippen LogP contribution in [0.1, 0.15) is 47.0 Å². The summed E-state index contributed by atoms with van der Waals surface area (Å²) in [6.45, 7) is 1.45. The second-order valence-corrected chi connectivity index (χ2v) is 5.98. The molecule has 13 heteroatoms. The van der Waals surface area contributed by atoms with Crippen LogP contribution in [0, 0.1) is 0 Å². The molecule has 0 fully saturated rings. The molecule has 0 aliphatic carbocycles. The van der Waals surface area contributed by atoms with Crippen LogP contribution in [0.5, 0.6) is 0 Å². The van der Waals surface area contributed by atoms with Gasteiger partial charge in [-0.05, 0) is 19.1 Å². The third-order valence-electron chi connectivity index (χ3n) is 3.78. The first kappa shape index (κ1) is 20.4. The Bertz CT molecular complexity index is 1030. The molecule has 29 heavy (non-hydrogen) atoms. The summed E-state index contributed by atoms with van der Waals surface area (Å²) in [7, 11) is 1.39. The predicted molar refractivity (Wildman–Crippen MR) is 86.6 cm³/mol. The molecule has 0 saturated heterocycles. The second-order valence-electron chi connectivity index (χ2n) is 5.98. The second kappa shape index (κ2) is 7.56. The molecule has 8 nitrogen and oxygen atoms in total. The highest BCUT2D eigenvalue weighted by Gasteiger charge is 2.33. The molecular formula is C16H13F5N6O2. The fourth-order valence-electron chi connectivity index (χ4n) is 2.43.